The van der Waals surface area contributed by atoms with Gasteiger partial charge in [-0.15, -0.1) is 0 Å². The molecule has 0 aliphatic rings. The van der Waals surface area contributed by atoms with Crippen LogP contribution in [0.4, 0.5) is 0 Å². The molecule has 0 aromatic heterocycles. The minimum atomic E-state index is 0.641. The van der Waals surface area contributed by atoms with E-state index in [-0.39, 0.29) is 0 Å². The second-order valence-electron chi connectivity index (χ2n) is 4.15. The molecule has 0 saturated heterocycles. The molecule has 0 heterocycles. The van der Waals surface area contributed by atoms with Gasteiger partial charge in [-0.3, -0.25) is 0 Å². The van der Waals surface area contributed by atoms with Gasteiger partial charge < -0.3 is 10.2 Å². The van der Waals surface area contributed by atoms with Gasteiger partial charge in [-0.25, -0.2) is 0 Å². The Labute approximate surface area is 90.1 Å². The lowest BCUT2D eigenvalue weighted by Crippen LogP contribution is -2.46. The van der Waals surface area contributed by atoms with Gasteiger partial charge in [0.25, 0.3) is 0 Å². The highest BCUT2D eigenvalue weighted by molar-refractivity contribution is 4.78. The maximum Gasteiger partial charge on any atom is 0.0217 e. The second-order valence-corrected chi connectivity index (χ2v) is 4.15. The molecular weight excluding hydrogens is 172 g/mol. The summed E-state index contributed by atoms with van der Waals surface area (Å²) in [5.74, 6) is 0. The van der Waals surface area contributed by atoms with Crippen molar-refractivity contribution in [2.75, 3.05) is 20.1 Å². The van der Waals surface area contributed by atoms with Crippen molar-refractivity contribution in [3.05, 3.63) is 0 Å². The average molecular weight is 200 g/mol. The lowest BCUT2D eigenvalue weighted by molar-refractivity contribution is 0.201. The lowest BCUT2D eigenvalue weighted by Gasteiger charge is -2.31. The quantitative estimate of drug-likeness (QED) is 0.647. The Morgan fingerprint density at radius 2 is 1.86 bits per heavy atom. The molecule has 2 unspecified atom stereocenters. The van der Waals surface area contributed by atoms with E-state index in [1.807, 2.05) is 0 Å². The van der Waals surface area contributed by atoms with E-state index in [1.54, 1.807) is 0 Å². The third-order valence-electron chi connectivity index (χ3n) is 3.05. The molecular formula is C12H28N2. The van der Waals surface area contributed by atoms with Gasteiger partial charge in [-0.2, -0.15) is 0 Å². The van der Waals surface area contributed by atoms with Crippen molar-refractivity contribution >= 4 is 0 Å². The first-order chi connectivity index (χ1) is 6.67. The fourth-order valence-corrected chi connectivity index (χ4v) is 1.84. The fourth-order valence-electron chi connectivity index (χ4n) is 1.84. The van der Waals surface area contributed by atoms with Gasteiger partial charge in [-0.05, 0) is 39.9 Å². The molecule has 1 N–H and O–H groups in total. The van der Waals surface area contributed by atoms with E-state index in [0.717, 1.165) is 6.54 Å². The van der Waals surface area contributed by atoms with Crippen LogP contribution in [0.2, 0.25) is 0 Å². The summed E-state index contributed by atoms with van der Waals surface area (Å²) in [6.45, 7) is 11.3. The van der Waals surface area contributed by atoms with Crippen LogP contribution in [0.5, 0.6) is 0 Å². The first kappa shape index (κ1) is 13.9. The number of hydrogen-bond acceptors (Lipinski definition) is 2. The molecule has 0 aromatic carbocycles. The standard InChI is InChI=1S/C12H28N2/c1-6-9-10-14(5)11(4)12(7-2)13-8-3/h11-13H,6-10H2,1-5H3. The third kappa shape index (κ3) is 4.97. The van der Waals surface area contributed by atoms with Crippen LogP contribution in [-0.2, 0) is 0 Å². The van der Waals surface area contributed by atoms with Gasteiger partial charge in [0.1, 0.15) is 0 Å². The zero-order chi connectivity index (χ0) is 11.0. The van der Waals surface area contributed by atoms with Gasteiger partial charge >= 0.3 is 0 Å². The smallest absolute Gasteiger partial charge is 0.0217 e. The Morgan fingerprint density at radius 3 is 2.29 bits per heavy atom. The molecule has 86 valence electrons. The Hall–Kier alpha value is -0.0800. The summed E-state index contributed by atoms with van der Waals surface area (Å²) in [6.07, 6.45) is 3.81. The summed E-state index contributed by atoms with van der Waals surface area (Å²) in [7, 11) is 2.24. The van der Waals surface area contributed by atoms with Crippen LogP contribution in [0.25, 0.3) is 0 Å². The van der Waals surface area contributed by atoms with Crippen molar-refractivity contribution < 1.29 is 0 Å². The van der Waals surface area contributed by atoms with Gasteiger partial charge in [0.2, 0.25) is 0 Å². The van der Waals surface area contributed by atoms with E-state index < -0.39 is 0 Å². The highest BCUT2D eigenvalue weighted by Gasteiger charge is 2.17. The number of nitrogens with one attached hydrogen (secondary N) is 1. The van der Waals surface area contributed by atoms with Gasteiger partial charge in [0.05, 0.1) is 0 Å². The van der Waals surface area contributed by atoms with Gasteiger partial charge in [-0.1, -0.05) is 27.2 Å². The summed E-state index contributed by atoms with van der Waals surface area (Å²) in [6, 6.07) is 1.29. The van der Waals surface area contributed by atoms with Crippen molar-refractivity contribution in [3.8, 4) is 0 Å². The normalized spacial score (nSPS) is 15.9. The number of nitrogens with zero attached hydrogens (tertiary/aromatic N) is 1. The van der Waals surface area contributed by atoms with E-state index in [0.29, 0.717) is 12.1 Å². The van der Waals surface area contributed by atoms with E-state index >= 15 is 0 Å². The summed E-state index contributed by atoms with van der Waals surface area (Å²) in [5.41, 5.74) is 0. The van der Waals surface area contributed by atoms with E-state index in [9.17, 15) is 0 Å². The minimum absolute atomic E-state index is 0.641. The largest absolute Gasteiger partial charge is 0.313 e. The molecule has 14 heavy (non-hydrogen) atoms. The van der Waals surface area contributed by atoms with E-state index in [1.165, 1.54) is 25.8 Å². The Kier molecular flexibility index (Phi) is 8.20. The van der Waals surface area contributed by atoms with E-state index in [4.69, 9.17) is 0 Å². The van der Waals surface area contributed by atoms with Crippen LogP contribution in [0, 0.1) is 0 Å². The van der Waals surface area contributed by atoms with Crippen molar-refractivity contribution in [3.63, 3.8) is 0 Å². The maximum absolute atomic E-state index is 3.55. The summed E-state index contributed by atoms with van der Waals surface area (Å²) in [4.78, 5) is 2.47. The van der Waals surface area contributed by atoms with Crippen LogP contribution >= 0.6 is 0 Å². The zero-order valence-corrected chi connectivity index (χ0v) is 10.6. The first-order valence-corrected chi connectivity index (χ1v) is 6.10. The lowest BCUT2D eigenvalue weighted by atomic mass is 10.1. The minimum Gasteiger partial charge on any atom is -0.313 e. The Morgan fingerprint density at radius 1 is 1.21 bits per heavy atom. The van der Waals surface area contributed by atoms with Crippen LogP contribution in [0.3, 0.4) is 0 Å². The molecule has 0 aliphatic heterocycles. The molecule has 0 radical (unpaired) electrons. The zero-order valence-electron chi connectivity index (χ0n) is 10.6. The number of likely N-dealkylation sites (N-methyl/N-ethyl adjacent to an activating group) is 2. The molecule has 0 fully saturated rings. The topological polar surface area (TPSA) is 15.3 Å². The molecule has 0 rings (SSSR count). The molecule has 2 atom stereocenters. The van der Waals surface area contributed by atoms with Crippen LogP contribution in [0.15, 0.2) is 0 Å². The molecule has 0 spiro atoms. The molecule has 0 aliphatic carbocycles. The van der Waals surface area contributed by atoms with Crippen molar-refractivity contribution in [1.29, 1.82) is 0 Å². The van der Waals surface area contributed by atoms with Gasteiger partial charge in [0, 0.05) is 12.1 Å². The van der Waals surface area contributed by atoms with Crippen molar-refractivity contribution in [2.24, 2.45) is 0 Å². The number of hydrogen-bond donors (Lipinski definition) is 1. The monoisotopic (exact) mass is 200 g/mol. The van der Waals surface area contributed by atoms with Crippen molar-refractivity contribution in [2.45, 2.75) is 59.0 Å². The van der Waals surface area contributed by atoms with Crippen molar-refractivity contribution in [1.82, 2.24) is 10.2 Å². The van der Waals surface area contributed by atoms with Crippen LogP contribution < -0.4 is 5.32 Å². The average Bonchev–Trinajstić information content (AvgIpc) is 2.21. The molecule has 0 bridgehead atoms. The fraction of sp³-hybridized carbons (Fsp3) is 1.00. The molecule has 2 heteroatoms. The number of unbranched alkanes of at least 4 members (excludes halogenated alkanes) is 1. The predicted octanol–water partition coefficient (Wildman–Crippen LogP) is 2.49. The van der Waals surface area contributed by atoms with Crippen LogP contribution in [-0.4, -0.2) is 37.1 Å². The second kappa shape index (κ2) is 8.25. The Bertz CT molecular complexity index is 125. The highest BCUT2D eigenvalue weighted by Crippen LogP contribution is 2.06. The molecule has 2 nitrogen and oxygen atoms in total. The van der Waals surface area contributed by atoms with E-state index in [2.05, 4.69) is 45.0 Å². The van der Waals surface area contributed by atoms with Gasteiger partial charge in [0.15, 0.2) is 0 Å². The molecule has 0 amide bonds. The first-order valence-electron chi connectivity index (χ1n) is 6.10. The van der Waals surface area contributed by atoms with Crippen LogP contribution in [0.1, 0.15) is 47.0 Å². The Balaban J connectivity index is 3.91. The SMILES string of the molecule is CCCCN(C)C(C)C(CC)NCC. The molecule has 0 aromatic rings. The third-order valence-corrected chi connectivity index (χ3v) is 3.05. The summed E-state index contributed by atoms with van der Waals surface area (Å²) >= 11 is 0. The number of rotatable bonds is 8. The summed E-state index contributed by atoms with van der Waals surface area (Å²) in [5, 5.41) is 3.55. The molecule has 0 saturated carbocycles. The summed E-state index contributed by atoms with van der Waals surface area (Å²) < 4.78 is 0. The maximum atomic E-state index is 3.55. The predicted molar refractivity (Wildman–Crippen MR) is 64.8 cm³/mol. The highest BCUT2D eigenvalue weighted by atomic mass is 15.2.